The molecule has 0 unspecified atom stereocenters. The van der Waals surface area contributed by atoms with Crippen molar-refractivity contribution in [1.82, 2.24) is 19.9 Å². The fourth-order valence-corrected chi connectivity index (χ4v) is 1.80. The highest BCUT2D eigenvalue weighted by molar-refractivity contribution is 9.10. The van der Waals surface area contributed by atoms with Crippen molar-refractivity contribution in [2.75, 3.05) is 11.6 Å². The van der Waals surface area contributed by atoms with E-state index in [-0.39, 0.29) is 5.69 Å². The molecule has 0 fully saturated rings. The normalized spacial score (nSPS) is 10.3. The minimum Gasteiger partial charge on any atom is -0.333 e. The van der Waals surface area contributed by atoms with Crippen molar-refractivity contribution in [1.29, 1.82) is 0 Å². The molecule has 0 atom stereocenters. The summed E-state index contributed by atoms with van der Waals surface area (Å²) >= 11 is 4.66. The zero-order chi connectivity index (χ0) is 13.1. The lowest BCUT2D eigenvalue weighted by atomic mass is 10.5. The summed E-state index contributed by atoms with van der Waals surface area (Å²) in [6.07, 6.45) is 4.72. The first-order valence-corrected chi connectivity index (χ1v) is 6.77. The van der Waals surface area contributed by atoms with Gasteiger partial charge in [0.15, 0.2) is 5.16 Å². The lowest BCUT2D eigenvalue weighted by molar-refractivity contribution is 0.963. The number of H-pyrrole nitrogens is 2. The number of hydrogen-bond donors (Lipinski definition) is 3. The maximum absolute atomic E-state index is 11.5. The Balaban J connectivity index is 2.39. The quantitative estimate of drug-likeness (QED) is 0.575. The molecule has 0 aliphatic heterocycles. The Hall–Kier alpha value is -1.61. The van der Waals surface area contributed by atoms with Gasteiger partial charge in [-0.25, -0.2) is 14.8 Å². The highest BCUT2D eigenvalue weighted by Crippen LogP contribution is 2.23. The summed E-state index contributed by atoms with van der Waals surface area (Å²) in [4.78, 5) is 35.1. The third-order valence-corrected chi connectivity index (χ3v) is 3.12. The molecule has 0 aromatic carbocycles. The first-order chi connectivity index (χ1) is 8.60. The van der Waals surface area contributed by atoms with Gasteiger partial charge in [-0.05, 0) is 22.2 Å². The molecule has 3 N–H and O–H groups in total. The molecule has 0 aliphatic rings. The van der Waals surface area contributed by atoms with E-state index < -0.39 is 11.2 Å². The predicted octanol–water partition coefficient (Wildman–Crippen LogP) is 1.08. The lowest BCUT2D eigenvalue weighted by Crippen LogP contribution is -2.23. The summed E-state index contributed by atoms with van der Waals surface area (Å²) in [6.45, 7) is 0. The van der Waals surface area contributed by atoms with E-state index in [0.29, 0.717) is 15.4 Å². The smallest absolute Gasteiger partial charge is 0.325 e. The molecule has 18 heavy (non-hydrogen) atoms. The number of hydrogen-bond acceptors (Lipinski definition) is 6. The molecule has 0 saturated carbocycles. The van der Waals surface area contributed by atoms with Crippen LogP contribution in [-0.4, -0.2) is 26.2 Å². The van der Waals surface area contributed by atoms with Crippen LogP contribution in [0.2, 0.25) is 0 Å². The van der Waals surface area contributed by atoms with Crippen molar-refractivity contribution in [3.8, 4) is 0 Å². The van der Waals surface area contributed by atoms with Gasteiger partial charge in [-0.15, -0.1) is 0 Å². The van der Waals surface area contributed by atoms with Crippen LogP contribution in [0.25, 0.3) is 0 Å². The third kappa shape index (κ3) is 2.79. The number of nitrogens with one attached hydrogen (secondary N) is 3. The Morgan fingerprint density at radius 2 is 2.22 bits per heavy atom. The fraction of sp³-hybridized carbons (Fsp3) is 0.111. The monoisotopic (exact) mass is 329 g/mol. The molecular formula is C9H8BrN5O2S. The van der Waals surface area contributed by atoms with Crippen LogP contribution in [0.5, 0.6) is 0 Å². The molecule has 0 saturated heterocycles. The number of anilines is 2. The Bertz CT molecular complexity index is 683. The zero-order valence-corrected chi connectivity index (χ0v) is 11.6. The van der Waals surface area contributed by atoms with Crippen molar-refractivity contribution >= 4 is 39.2 Å². The van der Waals surface area contributed by atoms with Crippen molar-refractivity contribution < 1.29 is 0 Å². The minimum atomic E-state index is -0.558. The second kappa shape index (κ2) is 5.36. The van der Waals surface area contributed by atoms with E-state index in [1.54, 1.807) is 6.20 Å². The van der Waals surface area contributed by atoms with Crippen LogP contribution in [0.4, 0.5) is 11.5 Å². The zero-order valence-electron chi connectivity index (χ0n) is 9.15. The Morgan fingerprint density at radius 3 is 2.89 bits per heavy atom. The molecule has 0 spiro atoms. The van der Waals surface area contributed by atoms with Gasteiger partial charge in [0, 0.05) is 12.4 Å². The molecule has 2 heterocycles. The maximum atomic E-state index is 11.5. The van der Waals surface area contributed by atoms with Gasteiger partial charge in [-0.3, -0.25) is 9.78 Å². The summed E-state index contributed by atoms with van der Waals surface area (Å²) in [5.41, 5.74) is -0.881. The standard InChI is InChI=1S/C9H8BrN5O2S/c1-18-9-12-2-4(10)6(14-9)13-5-3-11-8(17)15-7(5)16/h2-3H,1H3,(H,12,13,14)(H2,11,15,16,17). The van der Waals surface area contributed by atoms with Crippen LogP contribution < -0.4 is 16.6 Å². The predicted molar refractivity (Wildman–Crippen MR) is 72.5 cm³/mol. The number of thioether (sulfide) groups is 1. The maximum Gasteiger partial charge on any atom is 0.325 e. The lowest BCUT2D eigenvalue weighted by Gasteiger charge is -2.06. The number of rotatable bonds is 3. The molecule has 0 radical (unpaired) electrons. The summed E-state index contributed by atoms with van der Waals surface area (Å²) in [6, 6.07) is 0. The topological polar surface area (TPSA) is 104 Å². The Labute approximate surface area is 114 Å². The second-order valence-corrected chi connectivity index (χ2v) is 4.79. The van der Waals surface area contributed by atoms with Crippen molar-refractivity contribution in [2.45, 2.75) is 5.16 Å². The highest BCUT2D eigenvalue weighted by atomic mass is 79.9. The number of nitrogens with zero attached hydrogens (tertiary/aromatic N) is 2. The average molecular weight is 330 g/mol. The fourth-order valence-electron chi connectivity index (χ4n) is 1.17. The SMILES string of the molecule is CSc1ncc(Br)c(Nc2c[nH]c(=O)[nH]c2=O)n1. The van der Waals surface area contributed by atoms with E-state index in [2.05, 4.69) is 41.2 Å². The summed E-state index contributed by atoms with van der Waals surface area (Å²) < 4.78 is 0.617. The third-order valence-electron chi connectivity index (χ3n) is 1.98. The largest absolute Gasteiger partial charge is 0.333 e. The van der Waals surface area contributed by atoms with Crippen LogP contribution in [0, 0.1) is 0 Å². The first-order valence-electron chi connectivity index (χ1n) is 4.75. The van der Waals surface area contributed by atoms with E-state index in [4.69, 9.17) is 0 Å². The average Bonchev–Trinajstić information content (AvgIpc) is 2.35. The molecule has 94 valence electrons. The van der Waals surface area contributed by atoms with Gasteiger partial charge in [0.1, 0.15) is 11.5 Å². The van der Waals surface area contributed by atoms with E-state index in [9.17, 15) is 9.59 Å². The number of aromatic nitrogens is 4. The van der Waals surface area contributed by atoms with E-state index >= 15 is 0 Å². The van der Waals surface area contributed by atoms with Crippen molar-refractivity contribution in [3.05, 3.63) is 37.7 Å². The van der Waals surface area contributed by atoms with Crippen molar-refractivity contribution in [3.63, 3.8) is 0 Å². The molecule has 7 nitrogen and oxygen atoms in total. The van der Waals surface area contributed by atoms with Gasteiger partial charge in [0.2, 0.25) is 0 Å². The van der Waals surface area contributed by atoms with Crippen LogP contribution >= 0.6 is 27.7 Å². The first kappa shape index (κ1) is 12.8. The molecule has 0 aliphatic carbocycles. The second-order valence-electron chi connectivity index (χ2n) is 3.16. The van der Waals surface area contributed by atoms with Gasteiger partial charge in [-0.1, -0.05) is 11.8 Å². The minimum absolute atomic E-state index is 0.195. The number of aromatic amines is 2. The van der Waals surface area contributed by atoms with Gasteiger partial charge >= 0.3 is 5.69 Å². The summed E-state index contributed by atoms with van der Waals surface area (Å²) in [5.74, 6) is 0.451. The molecule has 2 aromatic heterocycles. The molecule has 2 rings (SSSR count). The molecule has 0 bridgehead atoms. The van der Waals surface area contributed by atoms with Crippen LogP contribution in [0.1, 0.15) is 0 Å². The Kier molecular flexibility index (Phi) is 3.82. The molecular weight excluding hydrogens is 322 g/mol. The summed E-state index contributed by atoms with van der Waals surface area (Å²) in [5, 5.41) is 3.39. The Morgan fingerprint density at radius 1 is 1.44 bits per heavy atom. The molecule has 0 amide bonds. The van der Waals surface area contributed by atoms with E-state index in [0.717, 1.165) is 0 Å². The number of halogens is 1. The van der Waals surface area contributed by atoms with Crippen LogP contribution in [0.15, 0.2) is 31.6 Å². The molecule has 9 heteroatoms. The van der Waals surface area contributed by atoms with Crippen molar-refractivity contribution in [2.24, 2.45) is 0 Å². The van der Waals surface area contributed by atoms with Crippen LogP contribution in [-0.2, 0) is 0 Å². The summed E-state index contributed by atoms with van der Waals surface area (Å²) in [7, 11) is 0. The van der Waals surface area contributed by atoms with E-state index in [1.165, 1.54) is 18.0 Å². The van der Waals surface area contributed by atoms with Gasteiger partial charge in [0.05, 0.1) is 4.47 Å². The van der Waals surface area contributed by atoms with Gasteiger partial charge in [-0.2, -0.15) is 0 Å². The highest BCUT2D eigenvalue weighted by Gasteiger charge is 2.07. The van der Waals surface area contributed by atoms with Gasteiger partial charge < -0.3 is 10.3 Å². The molecule has 2 aromatic rings. The van der Waals surface area contributed by atoms with Gasteiger partial charge in [0.25, 0.3) is 5.56 Å². The van der Waals surface area contributed by atoms with E-state index in [1.807, 2.05) is 6.26 Å². The van der Waals surface area contributed by atoms with Crippen LogP contribution in [0.3, 0.4) is 0 Å².